The van der Waals surface area contributed by atoms with Crippen molar-refractivity contribution in [3.63, 3.8) is 0 Å². The van der Waals surface area contributed by atoms with Crippen LogP contribution in [0.4, 0.5) is 14.5 Å². The maximum Gasteiger partial charge on any atom is 0.387 e. The number of benzene rings is 2. The molecule has 1 saturated carbocycles. The number of ether oxygens (including phenoxy) is 2. The molecule has 5 rings (SSSR count). The van der Waals surface area contributed by atoms with E-state index in [4.69, 9.17) is 4.74 Å². The molecule has 1 aliphatic heterocycles. The summed E-state index contributed by atoms with van der Waals surface area (Å²) in [7, 11) is 1.56. The molecule has 0 unspecified atom stereocenters. The molecule has 2 aromatic carbocycles. The quantitative estimate of drug-likeness (QED) is 0.444. The lowest BCUT2D eigenvalue weighted by molar-refractivity contribution is -0.118. The number of pyridine rings is 1. The number of halogens is 2. The summed E-state index contributed by atoms with van der Waals surface area (Å²) in [5.41, 5.74) is 1.73. The van der Waals surface area contributed by atoms with Crippen LogP contribution in [-0.2, 0) is 11.3 Å². The second kappa shape index (κ2) is 10.9. The Morgan fingerprint density at radius 2 is 1.69 bits per heavy atom. The molecule has 10 heteroatoms. The van der Waals surface area contributed by atoms with E-state index in [-0.39, 0.29) is 23.4 Å². The topological polar surface area (TPSA) is 89.9 Å². The molecular weight excluding hydrogens is 508 g/mol. The molecule has 1 aromatic heterocycles. The molecule has 3 aromatic rings. The highest BCUT2D eigenvalue weighted by Gasteiger charge is 2.44. The lowest BCUT2D eigenvalue weighted by Crippen LogP contribution is -2.44. The number of aryl methyl sites for hydroxylation is 1. The molecule has 1 aliphatic carbocycles. The second-order valence-corrected chi connectivity index (χ2v) is 9.93. The number of anilines is 1. The maximum absolute atomic E-state index is 13.8. The van der Waals surface area contributed by atoms with Gasteiger partial charge in [0, 0.05) is 30.8 Å². The van der Waals surface area contributed by atoms with Gasteiger partial charge in [-0.1, -0.05) is 12.1 Å². The highest BCUT2D eigenvalue weighted by Crippen LogP contribution is 2.34. The van der Waals surface area contributed by atoms with Gasteiger partial charge in [0.15, 0.2) is 0 Å². The van der Waals surface area contributed by atoms with Crippen LogP contribution in [0.1, 0.15) is 40.2 Å². The number of methoxy groups -OCH3 is 1. The fourth-order valence-electron chi connectivity index (χ4n) is 4.96. The van der Waals surface area contributed by atoms with E-state index < -0.39 is 30.4 Å². The summed E-state index contributed by atoms with van der Waals surface area (Å²) in [5, 5.41) is 2.82. The zero-order chi connectivity index (χ0) is 27.7. The van der Waals surface area contributed by atoms with E-state index in [0.717, 1.165) is 18.4 Å². The van der Waals surface area contributed by atoms with Gasteiger partial charge < -0.3 is 24.3 Å². The van der Waals surface area contributed by atoms with Crippen LogP contribution in [0.15, 0.2) is 65.6 Å². The summed E-state index contributed by atoms with van der Waals surface area (Å²) in [6, 6.07) is 13.3. The van der Waals surface area contributed by atoms with Gasteiger partial charge in [0.2, 0.25) is 5.91 Å². The Bertz CT molecular complexity index is 1420. The minimum atomic E-state index is -2.98. The fraction of sp³-hybridized carbons (Fsp3) is 0.345. The van der Waals surface area contributed by atoms with E-state index in [9.17, 15) is 23.2 Å². The Hall–Kier alpha value is -4.21. The third-order valence-electron chi connectivity index (χ3n) is 7.25. The number of hydrogen-bond acceptors (Lipinski definition) is 5. The van der Waals surface area contributed by atoms with E-state index in [1.807, 2.05) is 18.2 Å². The fourth-order valence-corrected chi connectivity index (χ4v) is 4.96. The first-order valence-electron chi connectivity index (χ1n) is 12.8. The van der Waals surface area contributed by atoms with E-state index in [1.165, 1.54) is 29.2 Å². The molecule has 2 atom stereocenters. The number of aromatic nitrogens is 1. The van der Waals surface area contributed by atoms with Crippen molar-refractivity contribution < 1.29 is 27.8 Å². The van der Waals surface area contributed by atoms with Gasteiger partial charge >= 0.3 is 6.61 Å². The molecule has 204 valence electrons. The third kappa shape index (κ3) is 5.64. The molecule has 39 heavy (non-hydrogen) atoms. The van der Waals surface area contributed by atoms with Crippen molar-refractivity contribution in [3.8, 4) is 11.5 Å². The van der Waals surface area contributed by atoms with Crippen LogP contribution in [0.25, 0.3) is 0 Å². The number of rotatable bonds is 9. The minimum absolute atomic E-state index is 0.0807. The predicted octanol–water partition coefficient (Wildman–Crippen LogP) is 4.11. The van der Waals surface area contributed by atoms with Crippen molar-refractivity contribution in [2.45, 2.75) is 44.9 Å². The first kappa shape index (κ1) is 26.4. The number of nitrogens with one attached hydrogen (secondary N) is 1. The monoisotopic (exact) mass is 537 g/mol. The molecule has 1 N–H and O–H groups in total. The van der Waals surface area contributed by atoms with Gasteiger partial charge in [-0.3, -0.25) is 14.4 Å². The summed E-state index contributed by atoms with van der Waals surface area (Å²) in [6.07, 6.45) is 3.93. The molecule has 2 aliphatic rings. The number of hydrogen-bond donors (Lipinski definition) is 1. The Morgan fingerprint density at radius 3 is 2.31 bits per heavy atom. The van der Waals surface area contributed by atoms with Crippen LogP contribution in [-0.4, -0.2) is 42.7 Å². The highest BCUT2D eigenvalue weighted by molar-refractivity contribution is 6.05. The molecular formula is C29H29F2N3O5. The largest absolute Gasteiger partial charge is 0.497 e. The van der Waals surface area contributed by atoms with Crippen molar-refractivity contribution in [2.24, 2.45) is 5.92 Å². The summed E-state index contributed by atoms with van der Waals surface area (Å²) < 4.78 is 36.3. The highest BCUT2D eigenvalue weighted by atomic mass is 19.3. The van der Waals surface area contributed by atoms with Gasteiger partial charge in [0.1, 0.15) is 23.2 Å². The van der Waals surface area contributed by atoms with Crippen molar-refractivity contribution in [2.75, 3.05) is 18.6 Å². The van der Waals surface area contributed by atoms with Crippen molar-refractivity contribution in [1.82, 2.24) is 9.88 Å². The molecule has 0 bridgehead atoms. The zero-order valence-electron chi connectivity index (χ0n) is 21.6. The first-order chi connectivity index (χ1) is 18.7. The van der Waals surface area contributed by atoms with Gasteiger partial charge in [-0.2, -0.15) is 8.78 Å². The van der Waals surface area contributed by atoms with Crippen molar-refractivity contribution >= 4 is 17.5 Å². The molecule has 2 heterocycles. The third-order valence-corrected chi connectivity index (χ3v) is 7.25. The van der Waals surface area contributed by atoms with Crippen LogP contribution < -0.4 is 25.2 Å². The van der Waals surface area contributed by atoms with Crippen LogP contribution in [0.3, 0.4) is 0 Å². The molecule has 8 nitrogen and oxygen atoms in total. The first-order valence-corrected chi connectivity index (χ1v) is 12.8. The van der Waals surface area contributed by atoms with Gasteiger partial charge in [0.25, 0.3) is 11.5 Å². The zero-order valence-corrected chi connectivity index (χ0v) is 21.6. The number of amides is 2. The predicted molar refractivity (Wildman–Crippen MR) is 141 cm³/mol. The molecule has 2 fully saturated rings. The van der Waals surface area contributed by atoms with Crippen LogP contribution in [0, 0.1) is 12.8 Å². The SMILES string of the molecule is COc1ccc([C@@H]2CN(c3c(C)ccn(CC4CC4)c3=O)C(=O)[C@H]2NC(=O)c2ccc(OC(F)F)cc2)cc1. The Morgan fingerprint density at radius 1 is 1.03 bits per heavy atom. The van der Waals surface area contributed by atoms with Crippen LogP contribution in [0.2, 0.25) is 0 Å². The lowest BCUT2D eigenvalue weighted by Gasteiger charge is -2.20. The van der Waals surface area contributed by atoms with Gasteiger partial charge in [-0.25, -0.2) is 0 Å². The average molecular weight is 538 g/mol. The normalized spacial score (nSPS) is 18.9. The van der Waals surface area contributed by atoms with Gasteiger partial charge in [-0.15, -0.1) is 0 Å². The van der Waals surface area contributed by atoms with Crippen LogP contribution in [0.5, 0.6) is 11.5 Å². The number of carbonyl (C=O) groups excluding carboxylic acids is 2. The van der Waals surface area contributed by atoms with E-state index in [1.54, 1.807) is 36.9 Å². The second-order valence-electron chi connectivity index (χ2n) is 9.93. The summed E-state index contributed by atoms with van der Waals surface area (Å²) in [5.74, 6) is -0.357. The Balaban J connectivity index is 1.46. The number of nitrogens with zero attached hydrogens (tertiary/aromatic N) is 2. The van der Waals surface area contributed by atoms with E-state index >= 15 is 0 Å². The smallest absolute Gasteiger partial charge is 0.387 e. The minimum Gasteiger partial charge on any atom is -0.497 e. The Labute approximate surface area is 224 Å². The standard InChI is InChI=1S/C29H29F2N3O5/c1-17-13-14-33(15-18-3-4-18)28(37)25(17)34-16-23(19-5-9-21(38-2)10-6-19)24(27(34)36)32-26(35)20-7-11-22(12-8-20)39-29(30)31/h5-14,18,23-24,29H,3-4,15-16H2,1-2H3,(H,32,35)/t23-,24-/m0/s1. The van der Waals surface area contributed by atoms with E-state index in [2.05, 4.69) is 10.1 Å². The van der Waals surface area contributed by atoms with Gasteiger partial charge in [-0.05, 0) is 79.3 Å². The summed E-state index contributed by atoms with van der Waals surface area (Å²) in [4.78, 5) is 41.9. The number of alkyl halides is 2. The average Bonchev–Trinajstić information content (AvgIpc) is 3.69. The van der Waals surface area contributed by atoms with Crippen molar-refractivity contribution in [3.05, 3.63) is 87.8 Å². The summed E-state index contributed by atoms with van der Waals surface area (Å²) in [6.45, 7) is -0.377. The van der Waals surface area contributed by atoms with Crippen LogP contribution >= 0.6 is 0 Å². The molecule has 0 radical (unpaired) electrons. The number of carbonyl (C=O) groups is 2. The van der Waals surface area contributed by atoms with Crippen molar-refractivity contribution in [1.29, 1.82) is 0 Å². The summed E-state index contributed by atoms with van der Waals surface area (Å²) >= 11 is 0. The molecule has 2 amide bonds. The van der Waals surface area contributed by atoms with E-state index in [0.29, 0.717) is 29.5 Å². The van der Waals surface area contributed by atoms with Gasteiger partial charge in [0.05, 0.1) is 7.11 Å². The molecule has 0 spiro atoms. The lowest BCUT2D eigenvalue weighted by atomic mass is 9.93. The molecule has 1 saturated heterocycles. The maximum atomic E-state index is 13.8. The Kier molecular flexibility index (Phi) is 7.36.